The molecular formula is C23H30N2OS. The molecule has 144 valence electrons. The summed E-state index contributed by atoms with van der Waals surface area (Å²) in [6.07, 6.45) is 5.30. The van der Waals surface area contributed by atoms with Crippen LogP contribution in [0.3, 0.4) is 0 Å². The molecule has 2 aromatic carbocycles. The minimum atomic E-state index is 0.176. The molecule has 1 saturated heterocycles. The highest BCUT2D eigenvalue weighted by Gasteiger charge is 2.24. The summed E-state index contributed by atoms with van der Waals surface area (Å²) < 4.78 is 0. The lowest BCUT2D eigenvalue weighted by Crippen LogP contribution is -2.41. The maximum absolute atomic E-state index is 13.4. The summed E-state index contributed by atoms with van der Waals surface area (Å²) in [5.41, 5.74) is 2.13. The summed E-state index contributed by atoms with van der Waals surface area (Å²) in [4.78, 5) is 18.9. The largest absolute Gasteiger partial charge is 0.338 e. The summed E-state index contributed by atoms with van der Waals surface area (Å²) in [5, 5.41) is 0. The van der Waals surface area contributed by atoms with E-state index in [0.29, 0.717) is 5.92 Å². The van der Waals surface area contributed by atoms with Gasteiger partial charge in [0.05, 0.1) is 5.56 Å². The molecule has 0 aromatic heterocycles. The molecule has 0 spiro atoms. The van der Waals surface area contributed by atoms with E-state index in [2.05, 4.69) is 41.1 Å². The number of hydrogen-bond acceptors (Lipinski definition) is 3. The topological polar surface area (TPSA) is 23.6 Å². The van der Waals surface area contributed by atoms with E-state index >= 15 is 0 Å². The quantitative estimate of drug-likeness (QED) is 0.662. The van der Waals surface area contributed by atoms with Crippen molar-refractivity contribution in [3.8, 4) is 0 Å². The fraction of sp³-hybridized carbons (Fsp3) is 0.435. The maximum Gasteiger partial charge on any atom is 0.255 e. The number of likely N-dealkylation sites (tertiary alicyclic amines) is 1. The number of nitrogens with zero attached hydrogens (tertiary/aromatic N) is 2. The highest BCUT2D eigenvalue weighted by atomic mass is 32.2. The van der Waals surface area contributed by atoms with Crippen LogP contribution < -0.4 is 0 Å². The van der Waals surface area contributed by atoms with Gasteiger partial charge in [0.2, 0.25) is 0 Å². The van der Waals surface area contributed by atoms with Gasteiger partial charge in [0, 0.05) is 18.0 Å². The highest BCUT2D eigenvalue weighted by Crippen LogP contribution is 2.24. The number of benzene rings is 2. The van der Waals surface area contributed by atoms with Crippen molar-refractivity contribution in [1.29, 1.82) is 0 Å². The third-order valence-corrected chi connectivity index (χ3v) is 6.25. The van der Waals surface area contributed by atoms with E-state index in [4.69, 9.17) is 0 Å². The SMILES string of the molecule is CSc1ccccc1C(=O)N(CCc1ccccc1)CC1CCN(C)CC1. The van der Waals surface area contributed by atoms with Gasteiger partial charge in [-0.25, -0.2) is 0 Å². The molecule has 0 aliphatic carbocycles. The summed E-state index contributed by atoms with van der Waals surface area (Å²) in [5.74, 6) is 0.775. The van der Waals surface area contributed by atoms with E-state index in [1.807, 2.05) is 36.6 Å². The third-order valence-electron chi connectivity index (χ3n) is 5.45. The molecule has 1 aliphatic rings. The lowest BCUT2D eigenvalue weighted by atomic mass is 9.96. The van der Waals surface area contributed by atoms with Crippen molar-refractivity contribution in [3.63, 3.8) is 0 Å². The molecule has 1 heterocycles. The zero-order chi connectivity index (χ0) is 19.1. The second-order valence-corrected chi connectivity index (χ2v) is 8.28. The predicted molar refractivity (Wildman–Crippen MR) is 114 cm³/mol. The van der Waals surface area contributed by atoms with Crippen LogP contribution in [0.4, 0.5) is 0 Å². The Morgan fingerprint density at radius 3 is 2.44 bits per heavy atom. The lowest BCUT2D eigenvalue weighted by Gasteiger charge is -2.33. The molecule has 1 amide bonds. The van der Waals surface area contributed by atoms with Crippen LogP contribution in [-0.2, 0) is 6.42 Å². The van der Waals surface area contributed by atoms with Crippen molar-refractivity contribution >= 4 is 17.7 Å². The number of carbonyl (C=O) groups is 1. The minimum absolute atomic E-state index is 0.176. The Morgan fingerprint density at radius 2 is 1.74 bits per heavy atom. The summed E-state index contributed by atoms with van der Waals surface area (Å²) in [6, 6.07) is 18.5. The first-order valence-corrected chi connectivity index (χ1v) is 11.0. The molecule has 0 N–H and O–H groups in total. The number of rotatable bonds is 7. The molecule has 0 unspecified atom stereocenters. The Morgan fingerprint density at radius 1 is 1.07 bits per heavy atom. The first-order valence-electron chi connectivity index (χ1n) is 9.82. The molecule has 3 rings (SSSR count). The van der Waals surface area contributed by atoms with Crippen molar-refractivity contribution < 1.29 is 4.79 Å². The van der Waals surface area contributed by atoms with Gasteiger partial charge in [-0.2, -0.15) is 0 Å². The van der Waals surface area contributed by atoms with Gasteiger partial charge in [-0.3, -0.25) is 4.79 Å². The monoisotopic (exact) mass is 382 g/mol. The number of piperidine rings is 1. The summed E-state index contributed by atoms with van der Waals surface area (Å²) in [7, 11) is 2.18. The molecule has 4 heteroatoms. The van der Waals surface area contributed by atoms with Crippen molar-refractivity contribution in [2.75, 3.05) is 39.5 Å². The van der Waals surface area contributed by atoms with E-state index in [9.17, 15) is 4.79 Å². The molecule has 0 atom stereocenters. The molecule has 0 bridgehead atoms. The molecule has 27 heavy (non-hydrogen) atoms. The van der Waals surface area contributed by atoms with Gasteiger partial charge in [-0.05, 0) is 69.3 Å². The Labute approximate surface area is 167 Å². The molecule has 3 nitrogen and oxygen atoms in total. The third kappa shape index (κ3) is 5.60. The van der Waals surface area contributed by atoms with Crippen molar-refractivity contribution in [1.82, 2.24) is 9.80 Å². The van der Waals surface area contributed by atoms with Crippen LogP contribution in [0.25, 0.3) is 0 Å². The molecule has 0 radical (unpaired) electrons. The Bertz CT molecular complexity index is 726. The Kier molecular flexibility index (Phi) is 7.36. The molecule has 0 saturated carbocycles. The Balaban J connectivity index is 1.74. The first-order chi connectivity index (χ1) is 13.2. The van der Waals surface area contributed by atoms with Crippen molar-refractivity contribution in [2.45, 2.75) is 24.2 Å². The second kappa shape index (κ2) is 9.95. The summed E-state index contributed by atoms with van der Waals surface area (Å²) in [6.45, 7) is 3.90. The zero-order valence-corrected chi connectivity index (χ0v) is 17.3. The van der Waals surface area contributed by atoms with Crippen LogP contribution in [0.15, 0.2) is 59.5 Å². The van der Waals surface area contributed by atoms with Gasteiger partial charge in [0.15, 0.2) is 0 Å². The average Bonchev–Trinajstić information content (AvgIpc) is 2.72. The van der Waals surface area contributed by atoms with E-state index in [-0.39, 0.29) is 5.91 Å². The van der Waals surface area contributed by atoms with Gasteiger partial charge in [-0.15, -0.1) is 11.8 Å². The molecular weight excluding hydrogens is 352 g/mol. The number of amides is 1. The molecule has 1 fully saturated rings. The predicted octanol–water partition coefficient (Wildman–Crippen LogP) is 4.44. The highest BCUT2D eigenvalue weighted by molar-refractivity contribution is 7.98. The van der Waals surface area contributed by atoms with Crippen molar-refractivity contribution in [2.24, 2.45) is 5.92 Å². The number of hydrogen-bond donors (Lipinski definition) is 0. The van der Waals surface area contributed by atoms with E-state index < -0.39 is 0 Å². The van der Waals surface area contributed by atoms with E-state index in [1.165, 1.54) is 18.4 Å². The zero-order valence-electron chi connectivity index (χ0n) is 16.4. The van der Waals surface area contributed by atoms with Gasteiger partial charge in [0.25, 0.3) is 5.91 Å². The fourth-order valence-corrected chi connectivity index (χ4v) is 4.32. The smallest absolute Gasteiger partial charge is 0.255 e. The fourth-order valence-electron chi connectivity index (χ4n) is 3.73. The van der Waals surface area contributed by atoms with Crippen LogP contribution >= 0.6 is 11.8 Å². The van der Waals surface area contributed by atoms with Crippen LogP contribution in [-0.4, -0.2) is 55.2 Å². The van der Waals surface area contributed by atoms with Gasteiger partial charge in [0.1, 0.15) is 0 Å². The van der Waals surface area contributed by atoms with E-state index in [1.54, 1.807) is 11.8 Å². The van der Waals surface area contributed by atoms with Gasteiger partial charge in [-0.1, -0.05) is 42.5 Å². The minimum Gasteiger partial charge on any atom is -0.338 e. The normalized spacial score (nSPS) is 15.6. The van der Waals surface area contributed by atoms with Gasteiger partial charge < -0.3 is 9.80 Å². The van der Waals surface area contributed by atoms with Crippen LogP contribution in [0.1, 0.15) is 28.8 Å². The number of thioether (sulfide) groups is 1. The van der Waals surface area contributed by atoms with Crippen molar-refractivity contribution in [3.05, 3.63) is 65.7 Å². The number of carbonyl (C=O) groups excluding carboxylic acids is 1. The van der Waals surface area contributed by atoms with Crippen LogP contribution in [0.5, 0.6) is 0 Å². The van der Waals surface area contributed by atoms with Gasteiger partial charge >= 0.3 is 0 Å². The second-order valence-electron chi connectivity index (χ2n) is 7.43. The average molecular weight is 383 g/mol. The van der Waals surface area contributed by atoms with Crippen LogP contribution in [0, 0.1) is 5.92 Å². The summed E-state index contributed by atoms with van der Waals surface area (Å²) >= 11 is 1.65. The molecule has 1 aliphatic heterocycles. The lowest BCUT2D eigenvalue weighted by molar-refractivity contribution is 0.0697. The first kappa shape index (κ1) is 20.0. The van der Waals surface area contributed by atoms with E-state index in [0.717, 1.165) is 43.1 Å². The molecule has 2 aromatic rings. The Hall–Kier alpha value is -1.78. The standard InChI is InChI=1S/C23H30N2OS/c1-24-15-12-20(13-16-24)18-25(17-14-19-8-4-3-5-9-19)23(26)21-10-6-7-11-22(21)27-2/h3-11,20H,12-18H2,1-2H3. The maximum atomic E-state index is 13.4. The van der Waals surface area contributed by atoms with Crippen LogP contribution in [0.2, 0.25) is 0 Å².